The van der Waals surface area contributed by atoms with Crippen molar-refractivity contribution < 1.29 is 20.1 Å². The molecule has 1 saturated heterocycles. The van der Waals surface area contributed by atoms with Crippen LogP contribution in [0.4, 0.5) is 0 Å². The molecule has 1 aliphatic heterocycles. The molecule has 0 radical (unpaired) electrons. The highest BCUT2D eigenvalue weighted by molar-refractivity contribution is 5.87. The first kappa shape index (κ1) is 32.3. The normalized spacial score (nSPS) is 15.0. The fraction of sp³-hybridized carbons (Fsp3) is 0.308. The number of aliphatic hydroxyl groups excluding tert-OH is 1. The summed E-state index contributed by atoms with van der Waals surface area (Å²) >= 11 is 0. The van der Waals surface area contributed by atoms with E-state index in [1.807, 2.05) is 30.3 Å². The first-order valence-corrected chi connectivity index (χ1v) is 16.5. The van der Waals surface area contributed by atoms with Crippen LogP contribution in [0, 0.1) is 0 Å². The molecule has 5 aromatic rings. The van der Waals surface area contributed by atoms with E-state index < -0.39 is 6.10 Å². The summed E-state index contributed by atoms with van der Waals surface area (Å²) in [6, 6.07) is 30.9. The van der Waals surface area contributed by atoms with Crippen LogP contribution in [-0.2, 0) is 18.3 Å². The third-order valence-electron chi connectivity index (χ3n) is 9.36. The van der Waals surface area contributed by atoms with Gasteiger partial charge in [-0.15, -0.1) is 0 Å². The molecule has 1 aliphatic rings. The lowest BCUT2D eigenvalue weighted by atomic mass is 9.67. The Balaban J connectivity index is 0.967. The largest absolute Gasteiger partial charge is 0.508 e. The molecule has 8 heteroatoms. The molecule has 4 aromatic carbocycles. The van der Waals surface area contributed by atoms with Gasteiger partial charge in [0, 0.05) is 29.0 Å². The number of pyridine rings is 1. The average molecular weight is 634 g/mol. The van der Waals surface area contributed by atoms with E-state index in [1.54, 1.807) is 12.1 Å². The molecule has 0 saturated carbocycles. The van der Waals surface area contributed by atoms with Crippen LogP contribution < -0.4 is 20.9 Å². The van der Waals surface area contributed by atoms with Crippen LogP contribution in [0.3, 0.4) is 0 Å². The molecule has 244 valence electrons. The Morgan fingerprint density at radius 1 is 0.830 bits per heavy atom. The summed E-state index contributed by atoms with van der Waals surface area (Å²) in [4.78, 5) is 14.3. The Labute approximate surface area is 275 Å². The zero-order chi connectivity index (χ0) is 32.6. The highest BCUT2D eigenvalue weighted by Crippen LogP contribution is 2.44. The fourth-order valence-corrected chi connectivity index (χ4v) is 6.80. The zero-order valence-corrected chi connectivity index (χ0v) is 26.5. The Morgan fingerprint density at radius 2 is 1.57 bits per heavy atom. The van der Waals surface area contributed by atoms with E-state index >= 15 is 0 Å². The standard InChI is InChI=1S/C39H43N3O5/c43-34-15-10-28(25-33(34)39(19-22-40-23-20-39)29-6-2-1-3-7-29)5-4-24-47-30-11-8-27(9-12-30)18-21-41-26-36(45)31-13-16-35(44)38-32(31)14-17-37(46)42-38/h1-3,6-17,25,36,40-41,43-45H,4-5,18-24,26H2,(H,42,46)/t36-/m0/s1. The van der Waals surface area contributed by atoms with Crippen LogP contribution >= 0.6 is 0 Å². The second-order valence-corrected chi connectivity index (χ2v) is 12.4. The lowest BCUT2D eigenvalue weighted by Crippen LogP contribution is -2.40. The van der Waals surface area contributed by atoms with Crippen LogP contribution in [-0.4, -0.2) is 53.1 Å². The van der Waals surface area contributed by atoms with Crippen molar-refractivity contribution in [3.05, 3.63) is 135 Å². The molecule has 6 rings (SSSR count). The predicted molar refractivity (Wildman–Crippen MR) is 185 cm³/mol. The summed E-state index contributed by atoms with van der Waals surface area (Å²) < 4.78 is 6.05. The summed E-state index contributed by atoms with van der Waals surface area (Å²) in [6.07, 6.45) is 3.63. The third-order valence-corrected chi connectivity index (χ3v) is 9.36. The van der Waals surface area contributed by atoms with Gasteiger partial charge in [-0.3, -0.25) is 4.79 Å². The molecular formula is C39H43N3O5. The number of hydrogen-bond donors (Lipinski definition) is 6. The van der Waals surface area contributed by atoms with Crippen molar-refractivity contribution in [2.45, 2.75) is 43.6 Å². The van der Waals surface area contributed by atoms with Gasteiger partial charge in [-0.05, 0) is 104 Å². The summed E-state index contributed by atoms with van der Waals surface area (Å²) in [5.74, 6) is 1.18. The van der Waals surface area contributed by atoms with E-state index in [0.717, 1.165) is 62.1 Å². The quantitative estimate of drug-likeness (QED) is 0.0948. The van der Waals surface area contributed by atoms with Crippen LogP contribution in [0.1, 0.15) is 53.2 Å². The number of aryl methyl sites for hydroxylation is 1. The SMILES string of the molecule is O=c1ccc2c([C@@H](O)CNCCc3ccc(OCCCc4ccc(O)c(C5(c6ccccc6)CCNCC5)c4)cc3)ccc(O)c2[nH]1. The maximum atomic E-state index is 11.7. The predicted octanol–water partition coefficient (Wildman–Crippen LogP) is 5.49. The summed E-state index contributed by atoms with van der Waals surface area (Å²) in [6.45, 7) is 3.47. The van der Waals surface area contributed by atoms with Gasteiger partial charge in [-0.25, -0.2) is 0 Å². The number of nitrogens with one attached hydrogen (secondary N) is 3. The molecule has 0 spiro atoms. The van der Waals surface area contributed by atoms with Crippen LogP contribution in [0.2, 0.25) is 0 Å². The number of benzene rings is 4. The number of hydrogen-bond acceptors (Lipinski definition) is 7. The molecule has 0 aliphatic carbocycles. The van der Waals surface area contributed by atoms with Gasteiger partial charge in [-0.2, -0.15) is 0 Å². The topological polar surface area (TPSA) is 127 Å². The second kappa shape index (κ2) is 14.9. The van der Waals surface area contributed by atoms with E-state index in [9.17, 15) is 20.1 Å². The Morgan fingerprint density at radius 3 is 2.36 bits per heavy atom. The molecule has 1 fully saturated rings. The van der Waals surface area contributed by atoms with E-state index in [-0.39, 0.29) is 16.7 Å². The molecule has 8 nitrogen and oxygen atoms in total. The van der Waals surface area contributed by atoms with Gasteiger partial charge in [0.15, 0.2) is 0 Å². The Hall–Kier alpha value is -4.63. The maximum absolute atomic E-state index is 11.7. The molecule has 2 heterocycles. The van der Waals surface area contributed by atoms with Gasteiger partial charge in [0.1, 0.15) is 17.2 Å². The number of phenols is 2. The van der Waals surface area contributed by atoms with E-state index in [4.69, 9.17) is 4.74 Å². The van der Waals surface area contributed by atoms with Gasteiger partial charge in [0.2, 0.25) is 5.56 Å². The lowest BCUT2D eigenvalue weighted by molar-refractivity contribution is 0.176. The highest BCUT2D eigenvalue weighted by Gasteiger charge is 2.37. The maximum Gasteiger partial charge on any atom is 0.248 e. The first-order chi connectivity index (χ1) is 22.9. The van der Waals surface area contributed by atoms with Crippen LogP contribution in [0.5, 0.6) is 17.2 Å². The molecule has 47 heavy (non-hydrogen) atoms. The second-order valence-electron chi connectivity index (χ2n) is 12.4. The number of piperidine rings is 1. The lowest BCUT2D eigenvalue weighted by Gasteiger charge is -2.39. The molecule has 0 amide bonds. The van der Waals surface area contributed by atoms with E-state index in [0.29, 0.717) is 41.9 Å². The summed E-state index contributed by atoms with van der Waals surface area (Å²) in [5, 5.41) is 39.2. The van der Waals surface area contributed by atoms with Crippen molar-refractivity contribution >= 4 is 10.9 Å². The number of aromatic amines is 1. The number of rotatable bonds is 13. The van der Waals surface area contributed by atoms with Crippen molar-refractivity contribution in [3.8, 4) is 17.2 Å². The summed E-state index contributed by atoms with van der Waals surface area (Å²) in [7, 11) is 0. The minimum atomic E-state index is -0.789. The van der Waals surface area contributed by atoms with Gasteiger partial charge in [0.05, 0.1) is 18.2 Å². The number of phenolic OH excluding ortho intramolecular Hbond substituents is 2. The Bertz CT molecular complexity index is 1830. The molecule has 0 unspecified atom stereocenters. The summed E-state index contributed by atoms with van der Waals surface area (Å²) in [5.41, 5.74) is 5.13. The highest BCUT2D eigenvalue weighted by atomic mass is 16.5. The number of fused-ring (bicyclic) bond motifs is 1. The zero-order valence-electron chi connectivity index (χ0n) is 26.5. The molecule has 0 bridgehead atoms. The van der Waals surface area contributed by atoms with E-state index in [1.165, 1.54) is 23.3 Å². The monoisotopic (exact) mass is 633 g/mol. The van der Waals surface area contributed by atoms with Gasteiger partial charge in [0.25, 0.3) is 0 Å². The Kier molecular flexibility index (Phi) is 10.2. The van der Waals surface area contributed by atoms with Crippen molar-refractivity contribution in [2.75, 3.05) is 32.8 Å². The third kappa shape index (κ3) is 7.52. The van der Waals surface area contributed by atoms with E-state index in [2.05, 4.69) is 58.1 Å². The minimum absolute atomic E-state index is 0.0232. The van der Waals surface area contributed by atoms with Crippen LogP contribution in [0.25, 0.3) is 10.9 Å². The number of aromatic hydroxyl groups is 2. The number of H-pyrrole nitrogens is 1. The minimum Gasteiger partial charge on any atom is -0.508 e. The van der Waals surface area contributed by atoms with Crippen molar-refractivity contribution in [3.63, 3.8) is 0 Å². The van der Waals surface area contributed by atoms with Crippen molar-refractivity contribution in [2.24, 2.45) is 0 Å². The molecular weight excluding hydrogens is 590 g/mol. The molecule has 1 aromatic heterocycles. The molecule has 1 atom stereocenters. The number of aromatic nitrogens is 1. The fourth-order valence-electron chi connectivity index (χ4n) is 6.80. The molecule has 6 N–H and O–H groups in total. The van der Waals surface area contributed by atoms with Crippen molar-refractivity contribution in [1.82, 2.24) is 15.6 Å². The smallest absolute Gasteiger partial charge is 0.248 e. The van der Waals surface area contributed by atoms with Gasteiger partial charge in [-0.1, -0.05) is 60.7 Å². The number of ether oxygens (including phenoxy) is 1. The first-order valence-electron chi connectivity index (χ1n) is 16.5. The van der Waals surface area contributed by atoms with Crippen LogP contribution in [0.15, 0.2) is 102 Å². The van der Waals surface area contributed by atoms with Gasteiger partial charge >= 0.3 is 0 Å². The number of aliphatic hydroxyl groups is 1. The van der Waals surface area contributed by atoms with Gasteiger partial charge < -0.3 is 35.7 Å². The van der Waals surface area contributed by atoms with Crippen molar-refractivity contribution in [1.29, 1.82) is 0 Å². The average Bonchev–Trinajstić information content (AvgIpc) is 3.11.